The molecule has 0 aliphatic carbocycles. The highest BCUT2D eigenvalue weighted by Gasteiger charge is 2.19. The van der Waals surface area contributed by atoms with Gasteiger partial charge in [0.1, 0.15) is 13.2 Å². The first-order valence-electron chi connectivity index (χ1n) is 25.8. The molecule has 344 valence electrons. The second-order valence-electron chi connectivity index (χ2n) is 18.5. The Hall–Kier alpha value is -1.59. The van der Waals surface area contributed by atoms with Crippen molar-refractivity contribution in [1.82, 2.24) is 0 Å². The SMILES string of the molecule is CCCCCCCCCCCCCCC(=O)OC[C@H](COC(=O)CCCCCCCCCCC(C)CC)OC(=O)CCCCCCCCCCCCCCCC(C)C. The number of carbonyl (C=O) groups excluding carboxylic acids is 3. The zero-order valence-corrected chi connectivity index (χ0v) is 39.7. The van der Waals surface area contributed by atoms with Crippen LogP contribution in [0.3, 0.4) is 0 Å². The molecular formula is C52H100O6. The molecule has 0 aliphatic rings. The van der Waals surface area contributed by atoms with Gasteiger partial charge < -0.3 is 14.2 Å². The zero-order valence-electron chi connectivity index (χ0n) is 39.7. The summed E-state index contributed by atoms with van der Waals surface area (Å²) in [4.78, 5) is 37.9. The molecule has 0 saturated carbocycles. The topological polar surface area (TPSA) is 78.9 Å². The van der Waals surface area contributed by atoms with Crippen molar-refractivity contribution in [2.75, 3.05) is 13.2 Å². The third-order valence-corrected chi connectivity index (χ3v) is 12.1. The van der Waals surface area contributed by atoms with Crippen LogP contribution >= 0.6 is 0 Å². The summed E-state index contributed by atoms with van der Waals surface area (Å²) in [5.41, 5.74) is 0. The zero-order chi connectivity index (χ0) is 42.6. The highest BCUT2D eigenvalue weighted by atomic mass is 16.6. The lowest BCUT2D eigenvalue weighted by molar-refractivity contribution is -0.167. The van der Waals surface area contributed by atoms with Crippen LogP contribution in [0.15, 0.2) is 0 Å². The second kappa shape index (κ2) is 44.9. The summed E-state index contributed by atoms with van der Waals surface area (Å²) in [6.45, 7) is 11.4. The van der Waals surface area contributed by atoms with E-state index < -0.39 is 6.10 Å². The van der Waals surface area contributed by atoms with Crippen molar-refractivity contribution in [2.45, 2.75) is 291 Å². The van der Waals surface area contributed by atoms with Crippen molar-refractivity contribution in [2.24, 2.45) is 11.8 Å². The minimum atomic E-state index is -0.761. The summed E-state index contributed by atoms with van der Waals surface area (Å²) >= 11 is 0. The first-order chi connectivity index (χ1) is 28.3. The number of carbonyl (C=O) groups is 3. The van der Waals surface area contributed by atoms with Crippen molar-refractivity contribution in [3.05, 3.63) is 0 Å². The molecule has 0 N–H and O–H groups in total. The van der Waals surface area contributed by atoms with E-state index in [1.54, 1.807) is 0 Å². The van der Waals surface area contributed by atoms with Crippen LogP contribution in [-0.2, 0) is 28.6 Å². The molecule has 0 radical (unpaired) electrons. The van der Waals surface area contributed by atoms with Crippen molar-refractivity contribution in [3.8, 4) is 0 Å². The smallest absolute Gasteiger partial charge is 0.306 e. The standard InChI is InChI=1S/C52H100O6/c1-6-8-9-10-11-12-13-18-21-27-32-37-42-50(53)56-45-49(46-57-51(54)43-38-33-28-24-23-26-31-36-41-48(5)7-2)58-52(55)44-39-34-29-22-19-16-14-15-17-20-25-30-35-40-47(3)4/h47-49H,6-46H2,1-5H3/t48?,49-/m1/s1. The fraction of sp³-hybridized carbons (Fsp3) is 0.942. The maximum Gasteiger partial charge on any atom is 0.306 e. The molecule has 6 nitrogen and oxygen atoms in total. The van der Waals surface area contributed by atoms with Gasteiger partial charge in [-0.2, -0.15) is 0 Å². The van der Waals surface area contributed by atoms with E-state index in [1.807, 2.05) is 0 Å². The van der Waals surface area contributed by atoms with Gasteiger partial charge in [0.05, 0.1) is 0 Å². The lowest BCUT2D eigenvalue weighted by Gasteiger charge is -2.18. The molecule has 0 spiro atoms. The summed E-state index contributed by atoms with van der Waals surface area (Å²) in [6, 6.07) is 0. The Kier molecular flexibility index (Phi) is 43.7. The Morgan fingerprint density at radius 3 is 0.983 bits per heavy atom. The summed E-state index contributed by atoms with van der Waals surface area (Å²) in [7, 11) is 0. The van der Waals surface area contributed by atoms with Gasteiger partial charge in [-0.15, -0.1) is 0 Å². The third-order valence-electron chi connectivity index (χ3n) is 12.1. The van der Waals surface area contributed by atoms with E-state index >= 15 is 0 Å². The molecule has 6 heteroatoms. The minimum Gasteiger partial charge on any atom is -0.462 e. The number of hydrogen-bond donors (Lipinski definition) is 0. The predicted octanol–water partition coefficient (Wildman–Crippen LogP) is 16.5. The Morgan fingerprint density at radius 2 is 0.655 bits per heavy atom. The Labute approximate surface area is 361 Å². The molecule has 0 aromatic carbocycles. The van der Waals surface area contributed by atoms with Crippen molar-refractivity contribution < 1.29 is 28.6 Å². The van der Waals surface area contributed by atoms with Gasteiger partial charge in [0.15, 0.2) is 6.10 Å². The Bertz CT molecular complexity index is 887. The van der Waals surface area contributed by atoms with Crippen LogP contribution in [0, 0.1) is 11.8 Å². The van der Waals surface area contributed by atoms with Gasteiger partial charge in [-0.1, -0.05) is 247 Å². The number of esters is 3. The van der Waals surface area contributed by atoms with Crippen LogP contribution in [0.1, 0.15) is 285 Å². The van der Waals surface area contributed by atoms with Gasteiger partial charge in [0, 0.05) is 19.3 Å². The highest BCUT2D eigenvalue weighted by molar-refractivity contribution is 5.71. The van der Waals surface area contributed by atoms with E-state index in [2.05, 4.69) is 34.6 Å². The molecule has 0 aromatic heterocycles. The summed E-state index contributed by atoms with van der Waals surface area (Å²) in [5, 5.41) is 0. The quantitative estimate of drug-likeness (QED) is 0.0346. The van der Waals surface area contributed by atoms with Gasteiger partial charge in [-0.3, -0.25) is 14.4 Å². The summed E-state index contributed by atoms with van der Waals surface area (Å²) in [5.74, 6) is 0.837. The highest BCUT2D eigenvalue weighted by Crippen LogP contribution is 2.18. The van der Waals surface area contributed by atoms with E-state index in [4.69, 9.17) is 14.2 Å². The summed E-state index contributed by atoms with van der Waals surface area (Å²) < 4.78 is 16.8. The first-order valence-corrected chi connectivity index (χ1v) is 25.8. The van der Waals surface area contributed by atoms with Crippen LogP contribution in [0.2, 0.25) is 0 Å². The number of hydrogen-bond acceptors (Lipinski definition) is 6. The Balaban J connectivity index is 4.32. The summed E-state index contributed by atoms with van der Waals surface area (Å²) in [6.07, 6.45) is 45.1. The van der Waals surface area contributed by atoms with Crippen LogP contribution < -0.4 is 0 Å². The number of ether oxygens (including phenoxy) is 3. The van der Waals surface area contributed by atoms with Crippen LogP contribution in [0.25, 0.3) is 0 Å². The second-order valence-corrected chi connectivity index (χ2v) is 18.5. The van der Waals surface area contributed by atoms with E-state index in [9.17, 15) is 14.4 Å². The maximum absolute atomic E-state index is 12.8. The van der Waals surface area contributed by atoms with Gasteiger partial charge in [0.25, 0.3) is 0 Å². The van der Waals surface area contributed by atoms with Gasteiger partial charge in [-0.05, 0) is 31.1 Å². The van der Waals surface area contributed by atoms with E-state index in [-0.39, 0.29) is 31.1 Å². The lowest BCUT2D eigenvalue weighted by Crippen LogP contribution is -2.30. The first kappa shape index (κ1) is 56.4. The molecule has 0 aromatic rings. The molecular weight excluding hydrogens is 721 g/mol. The average molecular weight is 821 g/mol. The van der Waals surface area contributed by atoms with Gasteiger partial charge in [-0.25, -0.2) is 0 Å². The molecule has 58 heavy (non-hydrogen) atoms. The molecule has 0 aliphatic heterocycles. The van der Waals surface area contributed by atoms with Gasteiger partial charge >= 0.3 is 17.9 Å². The monoisotopic (exact) mass is 821 g/mol. The fourth-order valence-corrected chi connectivity index (χ4v) is 7.78. The molecule has 0 bridgehead atoms. The lowest BCUT2D eigenvalue weighted by atomic mass is 9.99. The molecule has 0 amide bonds. The van der Waals surface area contributed by atoms with Gasteiger partial charge in [0.2, 0.25) is 0 Å². The molecule has 1 unspecified atom stereocenters. The largest absolute Gasteiger partial charge is 0.462 e. The van der Waals surface area contributed by atoms with Crippen molar-refractivity contribution in [1.29, 1.82) is 0 Å². The third kappa shape index (κ3) is 44.0. The fourth-order valence-electron chi connectivity index (χ4n) is 7.78. The number of rotatable bonds is 46. The van der Waals surface area contributed by atoms with E-state index in [0.717, 1.165) is 69.6 Å². The minimum absolute atomic E-state index is 0.0639. The Morgan fingerprint density at radius 1 is 0.362 bits per heavy atom. The molecule has 0 saturated heterocycles. The van der Waals surface area contributed by atoms with Crippen molar-refractivity contribution >= 4 is 17.9 Å². The van der Waals surface area contributed by atoms with Crippen LogP contribution in [-0.4, -0.2) is 37.2 Å². The van der Waals surface area contributed by atoms with E-state index in [1.165, 1.54) is 173 Å². The average Bonchev–Trinajstić information content (AvgIpc) is 3.21. The molecule has 2 atom stereocenters. The normalized spacial score (nSPS) is 12.5. The number of unbranched alkanes of at least 4 members (excludes halogenated alkanes) is 30. The van der Waals surface area contributed by atoms with Crippen molar-refractivity contribution in [3.63, 3.8) is 0 Å². The molecule has 0 rings (SSSR count). The van der Waals surface area contributed by atoms with Crippen LogP contribution in [0.5, 0.6) is 0 Å². The predicted molar refractivity (Wildman–Crippen MR) is 247 cm³/mol. The van der Waals surface area contributed by atoms with E-state index in [0.29, 0.717) is 19.3 Å². The maximum atomic E-state index is 12.8. The molecule has 0 heterocycles. The van der Waals surface area contributed by atoms with Crippen LogP contribution in [0.4, 0.5) is 0 Å². The molecule has 0 fully saturated rings.